The number of esters is 1. The van der Waals surface area contributed by atoms with Crippen molar-refractivity contribution in [1.29, 1.82) is 0 Å². The summed E-state index contributed by atoms with van der Waals surface area (Å²) >= 11 is 0. The summed E-state index contributed by atoms with van der Waals surface area (Å²) < 4.78 is 15.4. The fourth-order valence-electron chi connectivity index (χ4n) is 4.26. The van der Waals surface area contributed by atoms with Gasteiger partial charge in [0.05, 0.1) is 19.8 Å². The van der Waals surface area contributed by atoms with E-state index in [1.807, 2.05) is 41.3 Å². The maximum absolute atomic E-state index is 12.9. The topological polar surface area (TPSA) is 111 Å². The van der Waals surface area contributed by atoms with Crippen LogP contribution in [-0.2, 0) is 28.9 Å². The number of fused-ring (bicyclic) bond motifs is 3. The number of nitrogens with one attached hydrogen (secondary N) is 1. The molecule has 0 saturated carbocycles. The lowest BCUT2D eigenvalue weighted by Gasteiger charge is -2.27. The number of nitrogens with zero attached hydrogens (tertiary/aromatic N) is 3. The first-order valence-corrected chi connectivity index (χ1v) is 11.0. The molecule has 9 nitrogen and oxygen atoms in total. The highest BCUT2D eigenvalue weighted by Gasteiger charge is 2.25. The first-order valence-electron chi connectivity index (χ1n) is 11.0. The van der Waals surface area contributed by atoms with Crippen molar-refractivity contribution < 1.29 is 23.6 Å². The van der Waals surface area contributed by atoms with E-state index in [9.17, 15) is 9.59 Å². The fourth-order valence-corrected chi connectivity index (χ4v) is 4.26. The number of aromatic nitrogens is 3. The number of carbonyl (C=O) groups is 2. The van der Waals surface area contributed by atoms with Gasteiger partial charge in [-0.05, 0) is 42.5 Å². The van der Waals surface area contributed by atoms with Crippen molar-refractivity contribution in [3.05, 3.63) is 65.2 Å². The van der Waals surface area contributed by atoms with Crippen LogP contribution >= 0.6 is 0 Å². The molecule has 5 rings (SSSR count). The molecule has 2 aromatic carbocycles. The summed E-state index contributed by atoms with van der Waals surface area (Å²) in [6, 6.07) is 12.8. The van der Waals surface area contributed by atoms with E-state index < -0.39 is 0 Å². The van der Waals surface area contributed by atoms with E-state index in [4.69, 9.17) is 14.0 Å². The second-order valence-electron chi connectivity index (χ2n) is 8.14. The minimum atomic E-state index is -0.380. The summed E-state index contributed by atoms with van der Waals surface area (Å²) in [6.45, 7) is 1.11. The molecule has 1 amide bonds. The molecule has 0 radical (unpaired) electrons. The highest BCUT2D eigenvalue weighted by Crippen LogP contribution is 2.29. The van der Waals surface area contributed by atoms with Gasteiger partial charge in [-0.3, -0.25) is 4.79 Å². The summed E-state index contributed by atoms with van der Waals surface area (Å²) in [5.41, 5.74) is 4.39. The fraction of sp³-hybridized carbons (Fsp3) is 0.280. The Hall–Kier alpha value is -4.14. The SMILES string of the molecule is COC(=O)c1ccc2[nH]c3c(c2c1)CN(C(=O)CCc1nc(-c2ccc(OC)cc2)no1)CC3. The number of ether oxygens (including phenoxy) is 2. The van der Waals surface area contributed by atoms with Crippen LogP contribution in [0.3, 0.4) is 0 Å². The number of hydrogen-bond donors (Lipinski definition) is 1. The van der Waals surface area contributed by atoms with Crippen LogP contribution < -0.4 is 4.74 Å². The minimum absolute atomic E-state index is 0.0216. The van der Waals surface area contributed by atoms with E-state index in [1.165, 1.54) is 7.11 Å². The molecule has 34 heavy (non-hydrogen) atoms. The Balaban J connectivity index is 1.25. The van der Waals surface area contributed by atoms with E-state index >= 15 is 0 Å². The summed E-state index contributed by atoms with van der Waals surface area (Å²) in [6.07, 6.45) is 1.37. The molecule has 0 spiro atoms. The second kappa shape index (κ2) is 9.01. The third kappa shape index (κ3) is 4.12. The first kappa shape index (κ1) is 21.7. The summed E-state index contributed by atoms with van der Waals surface area (Å²) in [4.78, 5) is 34.5. The van der Waals surface area contributed by atoms with Crippen molar-refractivity contribution in [3.8, 4) is 17.1 Å². The average Bonchev–Trinajstić information content (AvgIpc) is 3.50. The van der Waals surface area contributed by atoms with Gasteiger partial charge in [-0.2, -0.15) is 4.98 Å². The number of methoxy groups -OCH3 is 2. The highest BCUT2D eigenvalue weighted by molar-refractivity contribution is 5.96. The number of H-pyrrole nitrogens is 1. The minimum Gasteiger partial charge on any atom is -0.497 e. The van der Waals surface area contributed by atoms with Crippen LogP contribution in [0.4, 0.5) is 0 Å². The van der Waals surface area contributed by atoms with Crippen molar-refractivity contribution in [2.75, 3.05) is 20.8 Å². The molecule has 0 atom stereocenters. The Kier molecular flexibility index (Phi) is 5.75. The van der Waals surface area contributed by atoms with Gasteiger partial charge in [-0.25, -0.2) is 4.79 Å². The molecule has 0 fully saturated rings. The van der Waals surface area contributed by atoms with Gasteiger partial charge in [0.25, 0.3) is 0 Å². The van der Waals surface area contributed by atoms with Crippen molar-refractivity contribution in [1.82, 2.24) is 20.0 Å². The summed E-state index contributed by atoms with van der Waals surface area (Å²) in [5, 5.41) is 4.97. The maximum atomic E-state index is 12.9. The van der Waals surface area contributed by atoms with Crippen LogP contribution in [0.25, 0.3) is 22.3 Å². The molecule has 2 aromatic heterocycles. The molecule has 0 bridgehead atoms. The smallest absolute Gasteiger partial charge is 0.337 e. The van der Waals surface area contributed by atoms with Crippen LogP contribution in [0.15, 0.2) is 47.0 Å². The lowest BCUT2D eigenvalue weighted by atomic mass is 10.0. The number of aromatic amines is 1. The van der Waals surface area contributed by atoms with E-state index in [2.05, 4.69) is 15.1 Å². The lowest BCUT2D eigenvalue weighted by Crippen LogP contribution is -2.35. The van der Waals surface area contributed by atoms with Crippen molar-refractivity contribution in [3.63, 3.8) is 0 Å². The van der Waals surface area contributed by atoms with E-state index in [1.54, 1.807) is 13.2 Å². The van der Waals surface area contributed by atoms with Gasteiger partial charge in [0.1, 0.15) is 5.75 Å². The van der Waals surface area contributed by atoms with Crippen LogP contribution in [0.1, 0.15) is 33.9 Å². The Morgan fingerprint density at radius 1 is 1.15 bits per heavy atom. The Morgan fingerprint density at radius 3 is 2.74 bits per heavy atom. The maximum Gasteiger partial charge on any atom is 0.337 e. The van der Waals surface area contributed by atoms with Gasteiger partial charge in [-0.1, -0.05) is 5.16 Å². The molecule has 1 N–H and O–H groups in total. The molecule has 1 aliphatic heterocycles. The third-order valence-corrected chi connectivity index (χ3v) is 6.12. The molecular weight excluding hydrogens is 436 g/mol. The number of rotatable bonds is 6. The molecule has 0 unspecified atom stereocenters. The normalized spacial score (nSPS) is 13.1. The van der Waals surface area contributed by atoms with E-state index in [-0.39, 0.29) is 18.3 Å². The van der Waals surface area contributed by atoms with Crippen LogP contribution in [-0.4, -0.2) is 52.7 Å². The van der Waals surface area contributed by atoms with Crippen molar-refractivity contribution in [2.24, 2.45) is 0 Å². The van der Waals surface area contributed by atoms with Crippen molar-refractivity contribution >= 4 is 22.8 Å². The zero-order valence-electron chi connectivity index (χ0n) is 19.0. The van der Waals surface area contributed by atoms with Crippen LogP contribution in [0, 0.1) is 0 Å². The Bertz CT molecular complexity index is 1360. The van der Waals surface area contributed by atoms with E-state index in [0.29, 0.717) is 36.8 Å². The molecule has 1 aliphatic rings. The van der Waals surface area contributed by atoms with Crippen LogP contribution in [0.2, 0.25) is 0 Å². The first-order chi connectivity index (χ1) is 16.6. The van der Waals surface area contributed by atoms with Gasteiger partial charge in [0.15, 0.2) is 0 Å². The molecular formula is C25H24N4O5. The van der Waals surface area contributed by atoms with Crippen LogP contribution in [0.5, 0.6) is 5.75 Å². The quantitative estimate of drug-likeness (QED) is 0.438. The highest BCUT2D eigenvalue weighted by atomic mass is 16.5. The largest absolute Gasteiger partial charge is 0.497 e. The number of hydrogen-bond acceptors (Lipinski definition) is 7. The predicted octanol–water partition coefficient (Wildman–Crippen LogP) is 3.53. The van der Waals surface area contributed by atoms with Gasteiger partial charge >= 0.3 is 5.97 Å². The molecule has 4 aromatic rings. The number of aryl methyl sites for hydroxylation is 1. The van der Waals surface area contributed by atoms with E-state index in [0.717, 1.165) is 39.9 Å². The predicted molar refractivity (Wildman–Crippen MR) is 123 cm³/mol. The van der Waals surface area contributed by atoms with Crippen molar-refractivity contribution in [2.45, 2.75) is 25.8 Å². The monoisotopic (exact) mass is 460 g/mol. The number of carbonyl (C=O) groups excluding carboxylic acids is 2. The summed E-state index contributed by atoms with van der Waals surface area (Å²) in [5.74, 6) is 1.29. The zero-order valence-corrected chi connectivity index (χ0v) is 19.0. The standard InChI is InChI=1S/C25H24N4O5/c1-32-17-6-3-15(4-7-17)24-27-22(34-28-24)9-10-23(30)29-12-11-21-19(14-29)18-13-16(25(31)33-2)5-8-20(18)26-21/h3-8,13,26H,9-12,14H2,1-2H3. The average molecular weight is 460 g/mol. The molecule has 9 heteroatoms. The van der Waals surface area contributed by atoms with Gasteiger partial charge in [0.2, 0.25) is 17.6 Å². The summed E-state index contributed by atoms with van der Waals surface area (Å²) in [7, 11) is 2.97. The lowest BCUT2D eigenvalue weighted by molar-refractivity contribution is -0.132. The Labute approximate surface area is 195 Å². The second-order valence-corrected chi connectivity index (χ2v) is 8.14. The molecule has 0 aliphatic carbocycles. The van der Waals surface area contributed by atoms with Gasteiger partial charge in [0, 0.05) is 60.1 Å². The molecule has 3 heterocycles. The number of benzene rings is 2. The number of amides is 1. The molecule has 0 saturated heterocycles. The van der Waals surface area contributed by atoms with Gasteiger partial charge in [-0.15, -0.1) is 0 Å². The third-order valence-electron chi connectivity index (χ3n) is 6.12. The van der Waals surface area contributed by atoms with Gasteiger partial charge < -0.3 is 23.9 Å². The Morgan fingerprint density at radius 2 is 1.97 bits per heavy atom. The zero-order chi connectivity index (χ0) is 23.7. The molecule has 174 valence electrons.